The second-order valence-corrected chi connectivity index (χ2v) is 4.27. The predicted molar refractivity (Wildman–Crippen MR) is 54.9 cm³/mol. The maximum absolute atomic E-state index is 9.14. The van der Waals surface area contributed by atoms with Crippen LogP contribution in [0.3, 0.4) is 0 Å². The maximum atomic E-state index is 9.14. The highest BCUT2D eigenvalue weighted by atomic mass is 32.1. The number of hydrogen-bond acceptors (Lipinski definition) is 4. The molecule has 74 valence electrons. The van der Waals surface area contributed by atoms with E-state index in [1.807, 2.05) is 12.3 Å². The standard InChI is InChI=1S/C9H16N2OS/c1-6(2)10-8(4-12)9-11-7(3)5-13-9/h5-6,8,10,12H,4H2,1-3H3. The van der Waals surface area contributed by atoms with Crippen molar-refractivity contribution in [1.29, 1.82) is 0 Å². The van der Waals surface area contributed by atoms with E-state index in [0.29, 0.717) is 6.04 Å². The Morgan fingerprint density at radius 1 is 1.62 bits per heavy atom. The molecule has 13 heavy (non-hydrogen) atoms. The monoisotopic (exact) mass is 200 g/mol. The molecule has 0 aliphatic carbocycles. The SMILES string of the molecule is Cc1csc(C(CO)NC(C)C)n1. The fourth-order valence-corrected chi connectivity index (χ4v) is 1.98. The normalized spacial score (nSPS) is 13.6. The zero-order valence-corrected chi connectivity index (χ0v) is 9.06. The van der Waals surface area contributed by atoms with Crippen molar-refractivity contribution >= 4 is 11.3 Å². The van der Waals surface area contributed by atoms with Gasteiger partial charge in [0.15, 0.2) is 0 Å². The van der Waals surface area contributed by atoms with Crippen molar-refractivity contribution in [2.45, 2.75) is 32.9 Å². The Morgan fingerprint density at radius 2 is 2.31 bits per heavy atom. The smallest absolute Gasteiger partial charge is 0.112 e. The van der Waals surface area contributed by atoms with Crippen molar-refractivity contribution in [3.63, 3.8) is 0 Å². The van der Waals surface area contributed by atoms with Crippen LogP contribution in [0.5, 0.6) is 0 Å². The summed E-state index contributed by atoms with van der Waals surface area (Å²) in [4.78, 5) is 4.33. The lowest BCUT2D eigenvalue weighted by Crippen LogP contribution is -2.30. The lowest BCUT2D eigenvalue weighted by atomic mass is 10.3. The molecule has 0 aliphatic heterocycles. The first-order chi connectivity index (χ1) is 6.13. The highest BCUT2D eigenvalue weighted by molar-refractivity contribution is 7.09. The van der Waals surface area contributed by atoms with Gasteiger partial charge in [-0.15, -0.1) is 11.3 Å². The molecule has 0 radical (unpaired) electrons. The van der Waals surface area contributed by atoms with E-state index in [9.17, 15) is 0 Å². The van der Waals surface area contributed by atoms with Gasteiger partial charge in [0.1, 0.15) is 5.01 Å². The van der Waals surface area contributed by atoms with E-state index in [2.05, 4.69) is 24.1 Å². The minimum absolute atomic E-state index is 0.0151. The zero-order chi connectivity index (χ0) is 9.84. The number of nitrogens with zero attached hydrogens (tertiary/aromatic N) is 1. The van der Waals surface area contributed by atoms with E-state index in [1.54, 1.807) is 11.3 Å². The third-order valence-corrected chi connectivity index (χ3v) is 2.73. The molecule has 0 saturated heterocycles. The highest BCUT2D eigenvalue weighted by Crippen LogP contribution is 2.17. The van der Waals surface area contributed by atoms with E-state index in [1.165, 1.54) is 0 Å². The number of aliphatic hydroxyl groups excluding tert-OH is 1. The molecule has 0 aliphatic rings. The molecule has 1 aromatic rings. The van der Waals surface area contributed by atoms with Gasteiger partial charge in [-0.2, -0.15) is 0 Å². The Balaban J connectivity index is 2.66. The quantitative estimate of drug-likeness (QED) is 0.774. The molecule has 2 N–H and O–H groups in total. The summed E-state index contributed by atoms with van der Waals surface area (Å²) in [6.07, 6.45) is 0. The number of nitrogens with one attached hydrogen (secondary N) is 1. The summed E-state index contributed by atoms with van der Waals surface area (Å²) in [6.45, 7) is 6.18. The first-order valence-electron chi connectivity index (χ1n) is 4.42. The molecule has 4 heteroatoms. The Labute approximate surface area is 82.8 Å². The molecule has 0 aromatic carbocycles. The molecular weight excluding hydrogens is 184 g/mol. The average molecular weight is 200 g/mol. The first kappa shape index (κ1) is 10.6. The maximum Gasteiger partial charge on any atom is 0.112 e. The van der Waals surface area contributed by atoms with Gasteiger partial charge in [0.05, 0.1) is 12.6 Å². The Hall–Kier alpha value is -0.450. The second kappa shape index (κ2) is 4.69. The van der Waals surface area contributed by atoms with Gasteiger partial charge in [-0.25, -0.2) is 4.98 Å². The molecule has 0 saturated carbocycles. The topological polar surface area (TPSA) is 45.1 Å². The molecule has 0 bridgehead atoms. The van der Waals surface area contributed by atoms with Crippen molar-refractivity contribution in [3.8, 4) is 0 Å². The number of rotatable bonds is 4. The van der Waals surface area contributed by atoms with Crippen LogP contribution < -0.4 is 5.32 Å². The number of aliphatic hydroxyl groups is 1. The van der Waals surface area contributed by atoms with Crippen molar-refractivity contribution in [2.24, 2.45) is 0 Å². The van der Waals surface area contributed by atoms with Gasteiger partial charge in [-0.3, -0.25) is 0 Å². The van der Waals surface area contributed by atoms with Crippen LogP contribution in [-0.2, 0) is 0 Å². The summed E-state index contributed by atoms with van der Waals surface area (Å²) < 4.78 is 0. The van der Waals surface area contributed by atoms with Crippen LogP contribution in [0.1, 0.15) is 30.6 Å². The number of thiazole rings is 1. The first-order valence-corrected chi connectivity index (χ1v) is 5.30. The van der Waals surface area contributed by atoms with Gasteiger partial charge in [0.2, 0.25) is 0 Å². The minimum atomic E-state index is -0.0151. The minimum Gasteiger partial charge on any atom is -0.394 e. The molecule has 3 nitrogen and oxygen atoms in total. The average Bonchev–Trinajstić information content (AvgIpc) is 2.47. The molecule has 1 heterocycles. The number of aryl methyl sites for hydroxylation is 1. The highest BCUT2D eigenvalue weighted by Gasteiger charge is 2.14. The third-order valence-electron chi connectivity index (χ3n) is 1.65. The van der Waals surface area contributed by atoms with Crippen molar-refractivity contribution < 1.29 is 5.11 Å². The fourth-order valence-electron chi connectivity index (χ4n) is 1.14. The van der Waals surface area contributed by atoms with E-state index in [-0.39, 0.29) is 12.6 Å². The molecular formula is C9H16N2OS. The Morgan fingerprint density at radius 3 is 2.69 bits per heavy atom. The van der Waals surface area contributed by atoms with Gasteiger partial charge in [-0.1, -0.05) is 13.8 Å². The van der Waals surface area contributed by atoms with Gasteiger partial charge >= 0.3 is 0 Å². The summed E-state index contributed by atoms with van der Waals surface area (Å²) >= 11 is 1.59. The van der Waals surface area contributed by atoms with Crippen molar-refractivity contribution in [3.05, 3.63) is 16.1 Å². The molecule has 1 atom stereocenters. The van der Waals surface area contributed by atoms with Crippen molar-refractivity contribution in [1.82, 2.24) is 10.3 Å². The van der Waals surface area contributed by atoms with Crippen LogP contribution in [0.25, 0.3) is 0 Å². The second-order valence-electron chi connectivity index (χ2n) is 3.38. The van der Waals surface area contributed by atoms with E-state index < -0.39 is 0 Å². The van der Waals surface area contributed by atoms with Crippen LogP contribution in [0.15, 0.2) is 5.38 Å². The Kier molecular flexibility index (Phi) is 3.84. The fraction of sp³-hybridized carbons (Fsp3) is 0.667. The lowest BCUT2D eigenvalue weighted by molar-refractivity contribution is 0.237. The Bertz CT molecular complexity index is 260. The van der Waals surface area contributed by atoms with Crippen LogP contribution in [0.2, 0.25) is 0 Å². The summed E-state index contributed by atoms with van der Waals surface area (Å²) in [5, 5.41) is 15.4. The van der Waals surface area contributed by atoms with Crippen LogP contribution in [0.4, 0.5) is 0 Å². The molecule has 0 spiro atoms. The number of hydrogen-bond donors (Lipinski definition) is 2. The molecule has 1 rings (SSSR count). The van der Waals surface area contributed by atoms with Crippen LogP contribution in [0, 0.1) is 6.92 Å². The molecule has 0 fully saturated rings. The van der Waals surface area contributed by atoms with Gasteiger partial charge in [0.25, 0.3) is 0 Å². The molecule has 0 amide bonds. The summed E-state index contributed by atoms with van der Waals surface area (Å²) in [6, 6.07) is 0.347. The summed E-state index contributed by atoms with van der Waals surface area (Å²) in [5.74, 6) is 0. The van der Waals surface area contributed by atoms with Crippen LogP contribution >= 0.6 is 11.3 Å². The zero-order valence-electron chi connectivity index (χ0n) is 8.24. The largest absolute Gasteiger partial charge is 0.394 e. The van der Waals surface area contributed by atoms with Gasteiger partial charge < -0.3 is 10.4 Å². The van der Waals surface area contributed by atoms with E-state index in [0.717, 1.165) is 10.7 Å². The summed E-state index contributed by atoms with van der Waals surface area (Å²) in [7, 11) is 0. The predicted octanol–water partition coefficient (Wildman–Crippen LogP) is 1.48. The molecule has 1 unspecified atom stereocenters. The molecule has 1 aromatic heterocycles. The number of aromatic nitrogens is 1. The van der Waals surface area contributed by atoms with Crippen LogP contribution in [-0.4, -0.2) is 22.7 Å². The van der Waals surface area contributed by atoms with Gasteiger partial charge in [-0.05, 0) is 6.92 Å². The van der Waals surface area contributed by atoms with Crippen molar-refractivity contribution in [2.75, 3.05) is 6.61 Å². The van der Waals surface area contributed by atoms with Gasteiger partial charge in [0, 0.05) is 17.1 Å². The van der Waals surface area contributed by atoms with E-state index in [4.69, 9.17) is 5.11 Å². The van der Waals surface area contributed by atoms with E-state index >= 15 is 0 Å². The summed E-state index contributed by atoms with van der Waals surface area (Å²) in [5.41, 5.74) is 1.02. The third kappa shape index (κ3) is 3.06. The lowest BCUT2D eigenvalue weighted by Gasteiger charge is -2.16.